The fourth-order valence-electron chi connectivity index (χ4n) is 1.98. The Morgan fingerprint density at radius 3 is 2.26 bits per heavy atom. The number of rotatable bonds is 6. The normalized spacial score (nSPS) is 10.0. The van der Waals surface area contributed by atoms with E-state index in [0.717, 1.165) is 0 Å². The lowest BCUT2D eigenvalue weighted by Crippen LogP contribution is -2.25. The Hall–Kier alpha value is -3.03. The number of amides is 1. The van der Waals surface area contributed by atoms with Gasteiger partial charge < -0.3 is 19.5 Å². The van der Waals surface area contributed by atoms with Crippen LogP contribution in [-0.2, 0) is 6.54 Å². The van der Waals surface area contributed by atoms with E-state index in [0.29, 0.717) is 22.8 Å². The van der Waals surface area contributed by atoms with Crippen molar-refractivity contribution in [2.75, 3.05) is 21.3 Å². The molecule has 0 fully saturated rings. The highest BCUT2D eigenvalue weighted by atomic mass is 16.5. The molecule has 0 aliphatic rings. The van der Waals surface area contributed by atoms with E-state index < -0.39 is 5.91 Å². The summed E-state index contributed by atoms with van der Waals surface area (Å²) < 4.78 is 15.8. The zero-order valence-electron chi connectivity index (χ0n) is 13.0. The number of benzene rings is 1. The van der Waals surface area contributed by atoms with Crippen molar-refractivity contribution >= 4 is 5.91 Å². The first-order valence-corrected chi connectivity index (χ1v) is 6.72. The van der Waals surface area contributed by atoms with Crippen LogP contribution in [0.3, 0.4) is 0 Å². The molecule has 0 saturated heterocycles. The molecule has 2 rings (SSSR count). The SMILES string of the molecule is COc1cc(OC)c(CNC(=O)c2ccc(=O)[nH]n2)c(OC)c1. The first-order valence-electron chi connectivity index (χ1n) is 6.72. The number of hydrogen-bond acceptors (Lipinski definition) is 6. The highest BCUT2D eigenvalue weighted by molar-refractivity contribution is 5.92. The van der Waals surface area contributed by atoms with E-state index in [1.807, 2.05) is 0 Å². The van der Waals surface area contributed by atoms with Gasteiger partial charge in [-0.25, -0.2) is 5.10 Å². The fraction of sp³-hybridized carbons (Fsp3) is 0.267. The number of nitrogens with one attached hydrogen (secondary N) is 2. The van der Waals surface area contributed by atoms with E-state index in [1.54, 1.807) is 12.1 Å². The molecule has 8 heteroatoms. The van der Waals surface area contributed by atoms with Crippen molar-refractivity contribution in [2.24, 2.45) is 0 Å². The Kier molecular flexibility index (Phi) is 5.19. The third kappa shape index (κ3) is 3.79. The number of carbonyl (C=O) groups excluding carboxylic acids is 1. The molecule has 0 unspecified atom stereocenters. The van der Waals surface area contributed by atoms with Gasteiger partial charge in [0.2, 0.25) is 0 Å². The summed E-state index contributed by atoms with van der Waals surface area (Å²) in [5.74, 6) is 1.20. The maximum atomic E-state index is 12.0. The van der Waals surface area contributed by atoms with Crippen LogP contribution in [0.2, 0.25) is 0 Å². The van der Waals surface area contributed by atoms with Crippen LogP contribution < -0.4 is 25.1 Å². The smallest absolute Gasteiger partial charge is 0.271 e. The number of aromatic nitrogens is 2. The Morgan fingerprint density at radius 2 is 1.78 bits per heavy atom. The molecule has 0 radical (unpaired) electrons. The minimum Gasteiger partial charge on any atom is -0.496 e. The number of nitrogens with zero attached hydrogens (tertiary/aromatic N) is 1. The zero-order chi connectivity index (χ0) is 16.8. The fourth-order valence-corrected chi connectivity index (χ4v) is 1.98. The van der Waals surface area contributed by atoms with Crippen molar-refractivity contribution in [1.29, 1.82) is 0 Å². The lowest BCUT2D eigenvalue weighted by Gasteiger charge is -2.15. The Morgan fingerprint density at radius 1 is 1.13 bits per heavy atom. The molecule has 122 valence electrons. The molecule has 0 aliphatic carbocycles. The maximum Gasteiger partial charge on any atom is 0.271 e. The minimum atomic E-state index is -0.429. The maximum absolute atomic E-state index is 12.0. The monoisotopic (exact) mass is 319 g/mol. The quantitative estimate of drug-likeness (QED) is 0.813. The second-order valence-corrected chi connectivity index (χ2v) is 4.50. The van der Waals surface area contributed by atoms with Gasteiger partial charge in [0.1, 0.15) is 22.9 Å². The number of aromatic amines is 1. The van der Waals surface area contributed by atoms with E-state index in [9.17, 15) is 9.59 Å². The molecular formula is C15H17N3O5. The lowest BCUT2D eigenvalue weighted by molar-refractivity contribution is 0.0944. The van der Waals surface area contributed by atoms with Crippen molar-refractivity contribution in [3.05, 3.63) is 45.9 Å². The largest absolute Gasteiger partial charge is 0.496 e. The molecule has 8 nitrogen and oxygen atoms in total. The first kappa shape index (κ1) is 16.3. The summed E-state index contributed by atoms with van der Waals surface area (Å²) in [4.78, 5) is 23.0. The lowest BCUT2D eigenvalue weighted by atomic mass is 10.1. The van der Waals surface area contributed by atoms with Crippen molar-refractivity contribution in [2.45, 2.75) is 6.54 Å². The predicted molar refractivity (Wildman–Crippen MR) is 82.1 cm³/mol. The van der Waals surface area contributed by atoms with Gasteiger partial charge in [0.05, 0.1) is 33.4 Å². The summed E-state index contributed by atoms with van der Waals surface area (Å²) >= 11 is 0. The van der Waals surface area contributed by atoms with Gasteiger partial charge >= 0.3 is 0 Å². The van der Waals surface area contributed by atoms with Gasteiger partial charge in [-0.2, -0.15) is 5.10 Å². The van der Waals surface area contributed by atoms with Gasteiger partial charge in [-0.1, -0.05) is 0 Å². The molecule has 23 heavy (non-hydrogen) atoms. The van der Waals surface area contributed by atoms with Crippen LogP contribution in [0.25, 0.3) is 0 Å². The van der Waals surface area contributed by atoms with Crippen LogP contribution in [-0.4, -0.2) is 37.4 Å². The van der Waals surface area contributed by atoms with Crippen LogP contribution >= 0.6 is 0 Å². The highest BCUT2D eigenvalue weighted by Crippen LogP contribution is 2.33. The van der Waals surface area contributed by atoms with Crippen molar-refractivity contribution in [3.63, 3.8) is 0 Å². The molecule has 1 heterocycles. The molecule has 1 aromatic carbocycles. The van der Waals surface area contributed by atoms with Crippen LogP contribution in [0, 0.1) is 0 Å². The molecule has 0 spiro atoms. The van der Waals surface area contributed by atoms with Crippen molar-refractivity contribution in [1.82, 2.24) is 15.5 Å². The summed E-state index contributed by atoms with van der Waals surface area (Å²) in [5, 5.41) is 8.58. The van der Waals surface area contributed by atoms with Gasteiger partial charge in [0, 0.05) is 18.2 Å². The average Bonchev–Trinajstić information content (AvgIpc) is 2.59. The third-order valence-corrected chi connectivity index (χ3v) is 3.15. The third-order valence-electron chi connectivity index (χ3n) is 3.15. The van der Waals surface area contributed by atoms with E-state index in [4.69, 9.17) is 14.2 Å². The molecule has 2 aromatic rings. The summed E-state index contributed by atoms with van der Waals surface area (Å²) in [6.07, 6.45) is 0. The average molecular weight is 319 g/mol. The van der Waals surface area contributed by atoms with Crippen LogP contribution in [0.4, 0.5) is 0 Å². The number of methoxy groups -OCH3 is 3. The van der Waals surface area contributed by atoms with Crippen LogP contribution in [0.5, 0.6) is 17.2 Å². The second kappa shape index (κ2) is 7.30. The minimum absolute atomic E-state index is 0.107. The van der Waals surface area contributed by atoms with Crippen LogP contribution in [0.1, 0.15) is 16.1 Å². The van der Waals surface area contributed by atoms with E-state index >= 15 is 0 Å². The van der Waals surface area contributed by atoms with E-state index in [1.165, 1.54) is 33.5 Å². The summed E-state index contributed by atoms with van der Waals surface area (Å²) in [6.45, 7) is 0.163. The van der Waals surface area contributed by atoms with Crippen molar-refractivity contribution < 1.29 is 19.0 Å². The van der Waals surface area contributed by atoms with Gasteiger partial charge in [0.25, 0.3) is 11.5 Å². The summed E-state index contributed by atoms with van der Waals surface area (Å²) in [5.41, 5.74) is 0.393. The number of hydrogen-bond donors (Lipinski definition) is 2. The van der Waals surface area contributed by atoms with Gasteiger partial charge in [-0.15, -0.1) is 0 Å². The Bertz CT molecular complexity index is 712. The number of H-pyrrole nitrogens is 1. The van der Waals surface area contributed by atoms with Gasteiger partial charge in [-0.3, -0.25) is 9.59 Å². The molecule has 0 aliphatic heterocycles. The first-order chi connectivity index (χ1) is 11.1. The number of carbonyl (C=O) groups is 1. The Balaban J connectivity index is 2.20. The molecule has 1 aromatic heterocycles. The topological polar surface area (TPSA) is 103 Å². The molecule has 1 amide bonds. The summed E-state index contributed by atoms with van der Waals surface area (Å²) in [7, 11) is 4.57. The Labute approximate surface area is 132 Å². The molecule has 0 saturated carbocycles. The summed E-state index contributed by atoms with van der Waals surface area (Å²) in [6, 6.07) is 5.97. The number of ether oxygens (including phenoxy) is 3. The molecule has 2 N–H and O–H groups in total. The van der Waals surface area contributed by atoms with Gasteiger partial charge in [-0.05, 0) is 6.07 Å². The molecule has 0 atom stereocenters. The van der Waals surface area contributed by atoms with E-state index in [2.05, 4.69) is 15.5 Å². The zero-order valence-corrected chi connectivity index (χ0v) is 13.0. The highest BCUT2D eigenvalue weighted by Gasteiger charge is 2.15. The second-order valence-electron chi connectivity index (χ2n) is 4.50. The predicted octanol–water partition coefficient (Wildman–Crippen LogP) is 0.726. The van der Waals surface area contributed by atoms with Crippen molar-refractivity contribution in [3.8, 4) is 17.2 Å². The standard InChI is InChI=1S/C15H17N3O5/c1-21-9-6-12(22-2)10(13(7-9)23-3)8-16-15(20)11-4-5-14(19)18-17-11/h4-7H,8H2,1-3H3,(H,16,20)(H,18,19). The van der Waals surface area contributed by atoms with E-state index in [-0.39, 0.29) is 17.8 Å². The molecule has 0 bridgehead atoms. The molecular weight excluding hydrogens is 302 g/mol. The van der Waals surface area contributed by atoms with Gasteiger partial charge in [0.15, 0.2) is 0 Å². The van der Waals surface area contributed by atoms with Crippen LogP contribution in [0.15, 0.2) is 29.1 Å².